The van der Waals surface area contributed by atoms with Crippen molar-refractivity contribution in [2.45, 2.75) is 17.1 Å². The van der Waals surface area contributed by atoms with E-state index in [1.165, 1.54) is 30.1 Å². The molecule has 1 aromatic carbocycles. The second-order valence-corrected chi connectivity index (χ2v) is 4.69. The molecule has 0 fully saturated rings. The van der Waals surface area contributed by atoms with Crippen LogP contribution in [-0.4, -0.2) is 9.97 Å². The fraction of sp³-hybridized carbons (Fsp3) is 0.167. The Bertz CT molecular complexity index is 625. The Kier molecular flexibility index (Phi) is 3.94. The first-order valence-electron chi connectivity index (χ1n) is 5.29. The number of hydrogen-bond donors (Lipinski definition) is 1. The van der Waals surface area contributed by atoms with Crippen molar-refractivity contribution in [3.05, 3.63) is 58.0 Å². The molecule has 0 unspecified atom stereocenters. The molecule has 2 aromatic rings. The number of benzene rings is 1. The number of nitrogens with one attached hydrogen (secondary N) is 1. The molecule has 100 valence electrons. The molecular formula is C12H9F3N2OS. The number of halogens is 3. The van der Waals surface area contributed by atoms with Crippen LogP contribution in [-0.2, 0) is 11.9 Å². The van der Waals surface area contributed by atoms with E-state index >= 15 is 0 Å². The van der Waals surface area contributed by atoms with Crippen LogP contribution in [0.3, 0.4) is 0 Å². The van der Waals surface area contributed by atoms with Crippen molar-refractivity contribution in [3.8, 4) is 0 Å². The maximum atomic E-state index is 12.5. The number of H-pyrrole nitrogens is 1. The Labute approximate surface area is 110 Å². The molecule has 7 heteroatoms. The number of nitrogens with zero attached hydrogens (tertiary/aromatic N) is 1. The molecular weight excluding hydrogens is 277 g/mol. The van der Waals surface area contributed by atoms with Crippen molar-refractivity contribution in [2.24, 2.45) is 0 Å². The van der Waals surface area contributed by atoms with E-state index in [2.05, 4.69) is 9.97 Å². The van der Waals surface area contributed by atoms with Crippen LogP contribution in [0.1, 0.15) is 11.1 Å². The molecule has 1 heterocycles. The zero-order chi connectivity index (χ0) is 13.9. The van der Waals surface area contributed by atoms with Crippen LogP contribution >= 0.6 is 11.8 Å². The lowest BCUT2D eigenvalue weighted by Gasteiger charge is -2.08. The fourth-order valence-corrected chi connectivity index (χ4v) is 2.21. The topological polar surface area (TPSA) is 45.8 Å². The lowest BCUT2D eigenvalue weighted by molar-refractivity contribution is -0.137. The SMILES string of the molecule is O=c1ccnc(SCc2cccc(C(F)(F)F)c2)[nH]1. The van der Waals surface area contributed by atoms with E-state index in [4.69, 9.17) is 0 Å². The summed E-state index contributed by atoms with van der Waals surface area (Å²) in [6.07, 6.45) is -2.99. The lowest BCUT2D eigenvalue weighted by Crippen LogP contribution is -2.06. The van der Waals surface area contributed by atoms with Gasteiger partial charge >= 0.3 is 6.18 Å². The molecule has 19 heavy (non-hydrogen) atoms. The first-order chi connectivity index (χ1) is 8.95. The third-order valence-corrected chi connectivity index (χ3v) is 3.24. The third kappa shape index (κ3) is 3.85. The highest BCUT2D eigenvalue weighted by molar-refractivity contribution is 7.98. The van der Waals surface area contributed by atoms with E-state index in [0.717, 1.165) is 12.1 Å². The zero-order valence-corrected chi connectivity index (χ0v) is 10.4. The van der Waals surface area contributed by atoms with Gasteiger partial charge in [-0.2, -0.15) is 13.2 Å². The molecule has 0 atom stereocenters. The van der Waals surface area contributed by atoms with Crippen molar-refractivity contribution in [1.82, 2.24) is 9.97 Å². The van der Waals surface area contributed by atoms with Crippen LogP contribution < -0.4 is 5.56 Å². The van der Waals surface area contributed by atoms with Gasteiger partial charge in [-0.25, -0.2) is 4.98 Å². The van der Waals surface area contributed by atoms with Crippen LogP contribution in [0.2, 0.25) is 0 Å². The number of alkyl halides is 3. The summed E-state index contributed by atoms with van der Waals surface area (Å²) in [4.78, 5) is 17.4. The maximum absolute atomic E-state index is 12.5. The molecule has 0 radical (unpaired) electrons. The standard InChI is InChI=1S/C12H9F3N2OS/c13-12(14,15)9-3-1-2-8(6-9)7-19-11-16-5-4-10(18)17-11/h1-6H,7H2,(H,16,17,18). The summed E-state index contributed by atoms with van der Waals surface area (Å²) < 4.78 is 37.6. The largest absolute Gasteiger partial charge is 0.416 e. The van der Waals surface area contributed by atoms with E-state index in [1.54, 1.807) is 6.07 Å². The van der Waals surface area contributed by atoms with Crippen molar-refractivity contribution in [2.75, 3.05) is 0 Å². The average molecular weight is 286 g/mol. The molecule has 0 spiro atoms. The van der Waals surface area contributed by atoms with Crippen LogP contribution in [0.4, 0.5) is 13.2 Å². The Hall–Kier alpha value is -1.76. The molecule has 0 saturated carbocycles. The maximum Gasteiger partial charge on any atom is 0.416 e. The minimum atomic E-state index is -4.35. The van der Waals surface area contributed by atoms with Crippen molar-refractivity contribution >= 4 is 11.8 Å². The summed E-state index contributed by atoms with van der Waals surface area (Å²) in [6.45, 7) is 0. The Morgan fingerprint density at radius 1 is 1.26 bits per heavy atom. The van der Waals surface area contributed by atoms with Gasteiger partial charge in [0.15, 0.2) is 5.16 Å². The van der Waals surface area contributed by atoms with Crippen LogP contribution in [0.5, 0.6) is 0 Å². The Morgan fingerprint density at radius 2 is 2.05 bits per heavy atom. The van der Waals surface area contributed by atoms with Gasteiger partial charge in [-0.1, -0.05) is 30.0 Å². The monoisotopic (exact) mass is 286 g/mol. The molecule has 0 bridgehead atoms. The van der Waals surface area contributed by atoms with Gasteiger partial charge in [-0.3, -0.25) is 4.79 Å². The molecule has 1 N–H and O–H groups in total. The summed E-state index contributed by atoms with van der Waals surface area (Å²) >= 11 is 1.17. The normalized spacial score (nSPS) is 11.5. The van der Waals surface area contributed by atoms with Crippen molar-refractivity contribution in [1.29, 1.82) is 0 Å². The molecule has 3 nitrogen and oxygen atoms in total. The highest BCUT2D eigenvalue weighted by Gasteiger charge is 2.30. The second-order valence-electron chi connectivity index (χ2n) is 3.73. The summed E-state index contributed by atoms with van der Waals surface area (Å²) in [6, 6.07) is 6.35. The van der Waals surface area contributed by atoms with Gasteiger partial charge in [-0.15, -0.1) is 0 Å². The number of rotatable bonds is 3. The average Bonchev–Trinajstić information content (AvgIpc) is 2.36. The van der Waals surface area contributed by atoms with Crippen LogP contribution in [0.25, 0.3) is 0 Å². The van der Waals surface area contributed by atoms with E-state index in [9.17, 15) is 18.0 Å². The predicted molar refractivity (Wildman–Crippen MR) is 65.9 cm³/mol. The quantitative estimate of drug-likeness (QED) is 0.696. The van der Waals surface area contributed by atoms with Crippen LogP contribution in [0.15, 0.2) is 46.5 Å². The molecule has 0 amide bonds. The van der Waals surface area contributed by atoms with Crippen molar-refractivity contribution in [3.63, 3.8) is 0 Å². The third-order valence-electron chi connectivity index (χ3n) is 2.28. The van der Waals surface area contributed by atoms with Crippen molar-refractivity contribution < 1.29 is 13.2 Å². The highest BCUT2D eigenvalue weighted by atomic mass is 32.2. The smallest absolute Gasteiger partial charge is 0.301 e. The van der Waals surface area contributed by atoms with Gasteiger partial charge in [0.25, 0.3) is 5.56 Å². The number of hydrogen-bond acceptors (Lipinski definition) is 3. The summed E-state index contributed by atoms with van der Waals surface area (Å²) in [5, 5.41) is 0.380. The molecule has 0 aliphatic rings. The second kappa shape index (κ2) is 5.48. The van der Waals surface area contributed by atoms with Gasteiger partial charge in [0.2, 0.25) is 0 Å². The van der Waals surface area contributed by atoms with Gasteiger partial charge in [0.1, 0.15) is 0 Å². The van der Waals surface area contributed by atoms with Gasteiger partial charge < -0.3 is 4.98 Å². The predicted octanol–water partition coefficient (Wildman–Crippen LogP) is 3.08. The summed E-state index contributed by atoms with van der Waals surface area (Å²) in [7, 11) is 0. The molecule has 0 aliphatic heterocycles. The molecule has 0 saturated heterocycles. The minimum Gasteiger partial charge on any atom is -0.301 e. The minimum absolute atomic E-state index is 0.290. The Balaban J connectivity index is 2.10. The highest BCUT2D eigenvalue weighted by Crippen LogP contribution is 2.30. The lowest BCUT2D eigenvalue weighted by atomic mass is 10.1. The zero-order valence-electron chi connectivity index (χ0n) is 9.57. The van der Waals surface area contributed by atoms with Crippen LogP contribution in [0, 0.1) is 0 Å². The number of aromatic nitrogens is 2. The Morgan fingerprint density at radius 3 is 2.74 bits per heavy atom. The van der Waals surface area contributed by atoms with E-state index in [0.29, 0.717) is 16.5 Å². The number of aromatic amines is 1. The van der Waals surface area contributed by atoms with E-state index in [-0.39, 0.29) is 5.56 Å². The first-order valence-corrected chi connectivity index (χ1v) is 6.28. The summed E-state index contributed by atoms with van der Waals surface area (Å²) in [5.41, 5.74) is -0.451. The number of thioether (sulfide) groups is 1. The first kappa shape index (κ1) is 13.7. The molecule has 2 rings (SSSR count). The fourth-order valence-electron chi connectivity index (χ4n) is 1.41. The van der Waals surface area contributed by atoms with E-state index < -0.39 is 11.7 Å². The summed E-state index contributed by atoms with van der Waals surface area (Å²) in [5.74, 6) is 0.302. The van der Waals surface area contributed by atoms with Gasteiger partial charge in [0.05, 0.1) is 5.56 Å². The van der Waals surface area contributed by atoms with Gasteiger partial charge in [0, 0.05) is 18.0 Å². The van der Waals surface area contributed by atoms with Gasteiger partial charge in [-0.05, 0) is 11.6 Å². The molecule has 1 aromatic heterocycles. The van der Waals surface area contributed by atoms with E-state index in [1.807, 2.05) is 0 Å². The molecule has 0 aliphatic carbocycles.